The number of unbranched alkanes of at least 4 members (excludes halogenated alkanes) is 1. The molecule has 3 heteroatoms. The third-order valence-corrected chi connectivity index (χ3v) is 4.70. The molecule has 0 aromatic rings. The number of rotatable bonds is 4. The Morgan fingerprint density at radius 3 is 2.73 bits per heavy atom. The average Bonchev–Trinajstić information content (AvgIpc) is 2.47. The molecule has 15 heavy (non-hydrogen) atoms. The minimum absolute atomic E-state index is 0.153. The van der Waals surface area contributed by atoms with Gasteiger partial charge in [-0.15, -0.1) is 0 Å². The summed E-state index contributed by atoms with van der Waals surface area (Å²) in [4.78, 5) is 11.8. The molecular formula is C12H17HgO2. The number of allylic oxidation sites excluding steroid dienone is 1. The van der Waals surface area contributed by atoms with Crippen LogP contribution < -0.4 is 0 Å². The summed E-state index contributed by atoms with van der Waals surface area (Å²) in [6.07, 6.45) is 5.02. The van der Waals surface area contributed by atoms with Gasteiger partial charge in [-0.1, -0.05) is 0 Å². The first-order valence-electron chi connectivity index (χ1n) is 5.40. The van der Waals surface area contributed by atoms with Gasteiger partial charge < -0.3 is 0 Å². The average molecular weight is 394 g/mol. The van der Waals surface area contributed by atoms with Crippen LogP contribution in [0.4, 0.5) is 0 Å². The Bertz CT molecular complexity index is 318. The molecule has 0 radical (unpaired) electrons. The molecule has 0 N–H and O–H groups in total. The molecule has 0 saturated carbocycles. The van der Waals surface area contributed by atoms with Crippen molar-refractivity contribution in [3.63, 3.8) is 0 Å². The van der Waals surface area contributed by atoms with Crippen molar-refractivity contribution >= 4 is 5.78 Å². The number of hydrogen-bond acceptors (Lipinski definition) is 2. The van der Waals surface area contributed by atoms with E-state index in [0.717, 1.165) is 30.4 Å². The van der Waals surface area contributed by atoms with Crippen molar-refractivity contribution in [1.82, 2.24) is 0 Å². The van der Waals surface area contributed by atoms with Crippen LogP contribution in [0.3, 0.4) is 0 Å². The molecule has 1 aliphatic rings. The zero-order valence-corrected chi connectivity index (χ0v) is 15.3. The fourth-order valence-electron chi connectivity index (χ4n) is 2.00. The van der Waals surface area contributed by atoms with Crippen LogP contribution >= 0.6 is 0 Å². The second kappa shape index (κ2) is 5.40. The van der Waals surface area contributed by atoms with E-state index in [-0.39, 0.29) is 5.78 Å². The number of carbonyl (C=O) groups is 1. The van der Waals surface area contributed by atoms with Gasteiger partial charge in [-0.25, -0.2) is 0 Å². The molecule has 1 unspecified atom stereocenters. The predicted molar refractivity (Wildman–Crippen MR) is 56.1 cm³/mol. The second-order valence-electron chi connectivity index (χ2n) is 3.99. The summed E-state index contributed by atoms with van der Waals surface area (Å²) in [6.45, 7) is 4.17. The van der Waals surface area contributed by atoms with E-state index in [9.17, 15) is 4.79 Å². The fraction of sp³-hybridized carbons (Fsp3) is 0.583. The van der Waals surface area contributed by atoms with Gasteiger partial charge in [0.15, 0.2) is 0 Å². The summed E-state index contributed by atoms with van der Waals surface area (Å²) in [5.41, 5.74) is 1.57. The van der Waals surface area contributed by atoms with Crippen LogP contribution in [-0.2, 0) is 35.7 Å². The van der Waals surface area contributed by atoms with Gasteiger partial charge in [-0.3, -0.25) is 0 Å². The maximum absolute atomic E-state index is 11.8. The SMILES string of the molecule is CCCCC1=CC(=O)/C(=[CH]\[Hg])C1(C)OC. The number of methoxy groups -OCH3 is 1. The Morgan fingerprint density at radius 1 is 1.60 bits per heavy atom. The van der Waals surface area contributed by atoms with Crippen LogP contribution in [0.25, 0.3) is 0 Å². The van der Waals surface area contributed by atoms with E-state index < -0.39 is 5.60 Å². The molecule has 0 fully saturated rings. The molecule has 0 saturated heterocycles. The van der Waals surface area contributed by atoms with E-state index in [4.69, 9.17) is 4.74 Å². The van der Waals surface area contributed by atoms with Crippen molar-refractivity contribution in [3.8, 4) is 0 Å². The number of ether oxygens (including phenoxy) is 1. The van der Waals surface area contributed by atoms with E-state index in [1.807, 2.05) is 6.92 Å². The number of hydrogen-bond donors (Lipinski definition) is 0. The molecule has 0 bridgehead atoms. The number of carbonyl (C=O) groups excluding carboxylic acids is 1. The van der Waals surface area contributed by atoms with E-state index >= 15 is 0 Å². The zero-order valence-electron chi connectivity index (χ0n) is 9.80. The maximum atomic E-state index is 11.8. The van der Waals surface area contributed by atoms with E-state index in [0.29, 0.717) is 26.1 Å². The Balaban J connectivity index is 2.96. The summed E-state index contributed by atoms with van der Waals surface area (Å²) in [5.74, 6) is 0.153. The van der Waals surface area contributed by atoms with Crippen molar-refractivity contribution < 1.29 is 35.7 Å². The molecule has 0 aliphatic heterocycles. The van der Waals surface area contributed by atoms with Gasteiger partial charge in [0.1, 0.15) is 0 Å². The van der Waals surface area contributed by atoms with Gasteiger partial charge in [-0.2, -0.15) is 0 Å². The molecule has 0 heterocycles. The van der Waals surface area contributed by atoms with Crippen molar-refractivity contribution in [1.29, 1.82) is 0 Å². The Labute approximate surface area is 108 Å². The van der Waals surface area contributed by atoms with Crippen LogP contribution in [-0.4, -0.2) is 18.5 Å². The Morgan fingerprint density at radius 2 is 2.27 bits per heavy atom. The van der Waals surface area contributed by atoms with Crippen molar-refractivity contribution in [2.24, 2.45) is 0 Å². The Kier molecular flexibility index (Phi) is 4.72. The second-order valence-corrected chi connectivity index (χ2v) is 5.58. The first-order chi connectivity index (χ1) is 7.10. The van der Waals surface area contributed by atoms with Crippen LogP contribution in [0.1, 0.15) is 33.1 Å². The van der Waals surface area contributed by atoms with Crippen LogP contribution in [0, 0.1) is 0 Å². The molecular weight excluding hydrogens is 377 g/mol. The molecule has 0 aromatic heterocycles. The third kappa shape index (κ3) is 2.42. The molecule has 0 aromatic carbocycles. The minimum atomic E-state index is -0.437. The summed E-state index contributed by atoms with van der Waals surface area (Å²) in [5, 5.41) is 0. The fourth-order valence-corrected chi connectivity index (χ4v) is 4.29. The molecule has 2 nitrogen and oxygen atoms in total. The predicted octanol–water partition coefficient (Wildman–Crippen LogP) is 2.52. The van der Waals surface area contributed by atoms with Crippen LogP contribution in [0.5, 0.6) is 0 Å². The molecule has 1 aliphatic carbocycles. The summed E-state index contributed by atoms with van der Waals surface area (Å²) < 4.78 is 7.61. The molecule has 1 atom stereocenters. The van der Waals surface area contributed by atoms with Gasteiger partial charge in [0.25, 0.3) is 0 Å². The topological polar surface area (TPSA) is 26.3 Å². The summed E-state index contributed by atoms with van der Waals surface area (Å²) in [7, 11) is 1.69. The van der Waals surface area contributed by atoms with Gasteiger partial charge in [0.2, 0.25) is 0 Å². The number of ketones is 1. The Hall–Kier alpha value is 0.0451. The zero-order chi connectivity index (χ0) is 11.5. The standard InChI is InChI=1S/C12H17O2.Hg/c1-5-6-7-10-8-11(13)9(2)12(10,3)14-4;/h2,8H,5-7H2,1,3-4H3;. The normalized spacial score (nSPS) is 28.7. The van der Waals surface area contributed by atoms with Gasteiger partial charge in [-0.05, 0) is 0 Å². The van der Waals surface area contributed by atoms with Gasteiger partial charge in [0.05, 0.1) is 0 Å². The molecule has 79 valence electrons. The van der Waals surface area contributed by atoms with Gasteiger partial charge >= 0.3 is 108 Å². The van der Waals surface area contributed by atoms with Crippen molar-refractivity contribution in [2.75, 3.05) is 7.11 Å². The van der Waals surface area contributed by atoms with Crippen LogP contribution in [0.2, 0.25) is 0 Å². The first-order valence-corrected chi connectivity index (χ1v) is 8.58. The van der Waals surface area contributed by atoms with Crippen molar-refractivity contribution in [2.45, 2.75) is 38.7 Å². The van der Waals surface area contributed by atoms with E-state index in [2.05, 4.69) is 10.5 Å². The molecule has 1 rings (SSSR count). The monoisotopic (exact) mass is 395 g/mol. The molecule has 0 amide bonds. The molecule has 0 spiro atoms. The van der Waals surface area contributed by atoms with Crippen LogP contribution in [0.15, 0.2) is 20.8 Å². The summed E-state index contributed by atoms with van der Waals surface area (Å²) >= 11 is 0.498. The quantitative estimate of drug-likeness (QED) is 0.542. The first kappa shape index (κ1) is 13.1. The third-order valence-electron chi connectivity index (χ3n) is 3.11. The van der Waals surface area contributed by atoms with Gasteiger partial charge in [0, 0.05) is 0 Å². The summed E-state index contributed by atoms with van der Waals surface area (Å²) in [6, 6.07) is 0. The van der Waals surface area contributed by atoms with E-state index in [1.165, 1.54) is 0 Å². The van der Waals surface area contributed by atoms with Crippen molar-refractivity contribution in [3.05, 3.63) is 20.8 Å². The van der Waals surface area contributed by atoms with E-state index in [1.54, 1.807) is 13.2 Å².